The highest BCUT2D eigenvalue weighted by molar-refractivity contribution is 5.93. The van der Waals surface area contributed by atoms with E-state index >= 15 is 0 Å². The molecule has 1 aromatic rings. The minimum atomic E-state index is 0.0805. The van der Waals surface area contributed by atoms with Gasteiger partial charge < -0.3 is 4.90 Å². The fourth-order valence-electron chi connectivity index (χ4n) is 7.63. The van der Waals surface area contributed by atoms with Crippen LogP contribution in [0.15, 0.2) is 47.1 Å². The van der Waals surface area contributed by atoms with E-state index in [1.807, 2.05) is 26.8 Å². The monoisotopic (exact) mass is 447 g/mol. The molecule has 0 spiro atoms. The van der Waals surface area contributed by atoms with Crippen molar-refractivity contribution in [2.75, 3.05) is 19.0 Å². The van der Waals surface area contributed by atoms with E-state index in [2.05, 4.69) is 50.2 Å². The number of anilines is 1. The van der Waals surface area contributed by atoms with Gasteiger partial charge in [-0.1, -0.05) is 38.5 Å². The van der Waals surface area contributed by atoms with Crippen molar-refractivity contribution in [3.8, 4) is 0 Å². The predicted octanol–water partition coefficient (Wildman–Crippen LogP) is 6.88. The molecule has 5 atom stereocenters. The second-order valence-corrected chi connectivity index (χ2v) is 10.8. The summed E-state index contributed by atoms with van der Waals surface area (Å²) < 4.78 is 0. The Morgan fingerprint density at radius 1 is 1.00 bits per heavy atom. The fraction of sp³-hybridized carbons (Fsp3) is 0.600. The van der Waals surface area contributed by atoms with Crippen LogP contribution in [0, 0.1) is 23.2 Å². The van der Waals surface area contributed by atoms with Crippen LogP contribution in [0.25, 0.3) is 0 Å². The molecule has 178 valence electrons. The van der Waals surface area contributed by atoms with E-state index < -0.39 is 0 Å². The molecule has 0 aromatic heterocycles. The summed E-state index contributed by atoms with van der Waals surface area (Å²) in [6.45, 7) is 8.22. The van der Waals surface area contributed by atoms with E-state index in [0.29, 0.717) is 35.7 Å². The molecule has 0 saturated heterocycles. The number of carbonyl (C=O) groups is 2. The van der Waals surface area contributed by atoms with Gasteiger partial charge in [-0.15, -0.1) is 0 Å². The summed E-state index contributed by atoms with van der Waals surface area (Å²) >= 11 is 0. The number of nitrogens with zero attached hydrogens (tertiary/aromatic N) is 1. The molecule has 0 amide bonds. The molecule has 0 bridgehead atoms. The minimum absolute atomic E-state index is 0.0805. The van der Waals surface area contributed by atoms with Crippen LogP contribution in [0.4, 0.5) is 5.69 Å². The summed E-state index contributed by atoms with van der Waals surface area (Å²) in [7, 11) is 4.16. The third kappa shape index (κ3) is 4.02. The number of fused-ring (bicyclic) bond motifs is 4. The Balaban J connectivity index is 0.00000126. The zero-order chi connectivity index (χ0) is 23.9. The number of hydrogen-bond acceptors (Lipinski definition) is 3. The van der Waals surface area contributed by atoms with Crippen molar-refractivity contribution in [1.82, 2.24) is 0 Å². The first-order chi connectivity index (χ1) is 15.8. The summed E-state index contributed by atoms with van der Waals surface area (Å²) in [5.41, 5.74) is 7.09. The van der Waals surface area contributed by atoms with E-state index in [9.17, 15) is 9.59 Å². The Bertz CT molecular complexity index is 983. The second kappa shape index (κ2) is 9.24. The summed E-state index contributed by atoms with van der Waals surface area (Å²) in [6, 6.07) is 9.06. The molecule has 0 N–H and O–H groups in total. The van der Waals surface area contributed by atoms with E-state index in [-0.39, 0.29) is 11.3 Å². The molecule has 3 heteroatoms. The van der Waals surface area contributed by atoms with E-state index in [1.165, 1.54) is 28.8 Å². The van der Waals surface area contributed by atoms with E-state index in [0.717, 1.165) is 32.1 Å². The molecule has 0 heterocycles. The topological polar surface area (TPSA) is 37.4 Å². The van der Waals surface area contributed by atoms with E-state index in [1.54, 1.807) is 5.57 Å². The normalized spacial score (nSPS) is 32.7. The van der Waals surface area contributed by atoms with Gasteiger partial charge in [-0.05, 0) is 97.6 Å². The molecule has 33 heavy (non-hydrogen) atoms. The van der Waals surface area contributed by atoms with Crippen molar-refractivity contribution in [3.63, 3.8) is 0 Å². The molecule has 2 saturated carbocycles. The summed E-state index contributed by atoms with van der Waals surface area (Å²) in [4.78, 5) is 26.9. The molecule has 4 aliphatic carbocycles. The van der Waals surface area contributed by atoms with Gasteiger partial charge >= 0.3 is 0 Å². The highest BCUT2D eigenvalue weighted by atomic mass is 16.1. The first-order valence-electron chi connectivity index (χ1n) is 13.0. The lowest BCUT2D eigenvalue weighted by atomic mass is 9.51. The maximum absolute atomic E-state index is 12.6. The van der Waals surface area contributed by atoms with Crippen molar-refractivity contribution in [2.24, 2.45) is 23.2 Å². The van der Waals surface area contributed by atoms with Gasteiger partial charge in [0.15, 0.2) is 5.78 Å². The molecule has 3 nitrogen and oxygen atoms in total. The van der Waals surface area contributed by atoms with Gasteiger partial charge in [0.05, 0.1) is 0 Å². The summed E-state index contributed by atoms with van der Waals surface area (Å²) in [5, 5.41) is 0. The van der Waals surface area contributed by atoms with Crippen LogP contribution in [0.5, 0.6) is 0 Å². The number of hydrogen-bond donors (Lipinski definition) is 0. The number of allylic oxidation sites excluding steroid dienone is 4. The van der Waals surface area contributed by atoms with Crippen LogP contribution in [0.3, 0.4) is 0 Å². The minimum Gasteiger partial charge on any atom is -0.378 e. The molecule has 0 aliphatic heterocycles. The standard InChI is InChI=1S/C28H35NO2.C2H6/c1-17(30)25-13-14-26-23-11-7-19-15-21(31)10-12-22(19)27(23)24(16-28(25,26)2)18-5-8-20(9-6-18)29(3)4;1-2/h5-6,8-9,15,23-26H,7,10-14,16H2,1-4H3;1-2H3. The highest BCUT2D eigenvalue weighted by Gasteiger charge is 2.57. The maximum atomic E-state index is 12.6. The van der Waals surface area contributed by atoms with Crippen LogP contribution in [0.2, 0.25) is 0 Å². The molecule has 1 aromatic carbocycles. The molecule has 2 fully saturated rings. The van der Waals surface area contributed by atoms with Crippen LogP contribution >= 0.6 is 0 Å². The first kappa shape index (κ1) is 24.0. The first-order valence-corrected chi connectivity index (χ1v) is 13.0. The Kier molecular flexibility index (Phi) is 6.71. The third-order valence-corrected chi connectivity index (χ3v) is 9.03. The Labute approximate surface area is 200 Å². The van der Waals surface area contributed by atoms with Gasteiger partial charge in [-0.25, -0.2) is 0 Å². The second-order valence-electron chi connectivity index (χ2n) is 10.8. The summed E-state index contributed by atoms with van der Waals surface area (Å²) in [5.74, 6) is 2.37. The smallest absolute Gasteiger partial charge is 0.156 e. The van der Waals surface area contributed by atoms with E-state index in [4.69, 9.17) is 0 Å². The lowest BCUT2D eigenvalue weighted by molar-refractivity contribution is -0.125. The Morgan fingerprint density at radius 3 is 2.33 bits per heavy atom. The quantitative estimate of drug-likeness (QED) is 0.506. The average Bonchev–Trinajstić information content (AvgIpc) is 3.16. The largest absolute Gasteiger partial charge is 0.378 e. The molecular weight excluding hydrogens is 406 g/mol. The maximum Gasteiger partial charge on any atom is 0.156 e. The molecule has 4 aliphatic rings. The molecule has 5 unspecified atom stereocenters. The zero-order valence-corrected chi connectivity index (χ0v) is 21.4. The van der Waals surface area contributed by atoms with Gasteiger partial charge in [-0.3, -0.25) is 9.59 Å². The number of ketones is 2. The predicted molar refractivity (Wildman–Crippen MR) is 137 cm³/mol. The molecule has 5 rings (SSSR count). The van der Waals surface area contributed by atoms with Crippen molar-refractivity contribution in [2.45, 2.75) is 78.6 Å². The molecule has 0 radical (unpaired) electrons. The number of benzene rings is 1. The Hall–Kier alpha value is -2.16. The average molecular weight is 448 g/mol. The zero-order valence-electron chi connectivity index (χ0n) is 21.4. The number of Topliss-reactive ketones (excluding diaryl/α,β-unsaturated/α-hetero) is 1. The number of carbonyl (C=O) groups excluding carboxylic acids is 2. The van der Waals surface area contributed by atoms with Crippen LogP contribution in [0.1, 0.15) is 84.1 Å². The highest BCUT2D eigenvalue weighted by Crippen LogP contribution is 2.65. The van der Waals surface area contributed by atoms with Crippen LogP contribution in [-0.4, -0.2) is 25.7 Å². The van der Waals surface area contributed by atoms with Crippen molar-refractivity contribution in [1.29, 1.82) is 0 Å². The van der Waals surface area contributed by atoms with Crippen molar-refractivity contribution in [3.05, 3.63) is 52.6 Å². The van der Waals surface area contributed by atoms with Gasteiger partial charge in [0.2, 0.25) is 0 Å². The van der Waals surface area contributed by atoms with Gasteiger partial charge in [0.1, 0.15) is 5.78 Å². The van der Waals surface area contributed by atoms with Crippen LogP contribution < -0.4 is 4.90 Å². The Morgan fingerprint density at radius 2 is 1.70 bits per heavy atom. The SMILES string of the molecule is CC.CC(=O)C1CCC2C3CCC4=CC(=O)CCC4=C3C(c3ccc(N(C)C)cc3)CC12C. The molecular formula is C30H41NO2. The number of rotatable bonds is 3. The van der Waals surface area contributed by atoms with Gasteiger partial charge in [0.25, 0.3) is 0 Å². The third-order valence-electron chi connectivity index (χ3n) is 9.03. The van der Waals surface area contributed by atoms with Gasteiger partial charge in [-0.2, -0.15) is 0 Å². The van der Waals surface area contributed by atoms with Crippen molar-refractivity contribution < 1.29 is 9.59 Å². The lowest BCUT2D eigenvalue weighted by Crippen LogP contribution is -2.44. The fourth-order valence-corrected chi connectivity index (χ4v) is 7.63. The lowest BCUT2D eigenvalue weighted by Gasteiger charge is -2.52. The van der Waals surface area contributed by atoms with Crippen LogP contribution in [-0.2, 0) is 9.59 Å². The van der Waals surface area contributed by atoms with Crippen molar-refractivity contribution >= 4 is 17.3 Å². The van der Waals surface area contributed by atoms with Gasteiger partial charge in [0, 0.05) is 38.0 Å². The summed E-state index contributed by atoms with van der Waals surface area (Å²) in [6.07, 6.45) is 8.93.